The molecule has 9 heteroatoms. The fraction of sp³-hybridized carbons (Fsp3) is 0.200. The molecular formula is C20H21N3O4S2. The van der Waals surface area contributed by atoms with Gasteiger partial charge in [0.2, 0.25) is 5.91 Å². The Balaban J connectivity index is 1.79. The number of amides is 1. The summed E-state index contributed by atoms with van der Waals surface area (Å²) >= 11 is 1.13. The van der Waals surface area contributed by atoms with E-state index in [1.807, 2.05) is 19.9 Å². The largest absolute Gasteiger partial charge is 0.354 e. The summed E-state index contributed by atoms with van der Waals surface area (Å²) in [7, 11) is -3.68. The third-order valence-electron chi connectivity index (χ3n) is 4.22. The van der Waals surface area contributed by atoms with Crippen molar-refractivity contribution in [2.24, 2.45) is 0 Å². The second-order valence-corrected chi connectivity index (χ2v) is 9.61. The first-order valence-corrected chi connectivity index (χ1v) is 11.1. The number of sulfonamides is 1. The van der Waals surface area contributed by atoms with E-state index >= 15 is 0 Å². The van der Waals surface area contributed by atoms with E-state index in [2.05, 4.69) is 15.2 Å². The van der Waals surface area contributed by atoms with E-state index in [-0.39, 0.29) is 10.1 Å². The van der Waals surface area contributed by atoms with Crippen molar-refractivity contribution in [1.82, 2.24) is 5.16 Å². The van der Waals surface area contributed by atoms with Crippen LogP contribution in [0.15, 0.2) is 39.1 Å². The molecule has 152 valence electrons. The molecule has 0 spiro atoms. The summed E-state index contributed by atoms with van der Waals surface area (Å²) in [5.74, 6) is 0.164. The smallest absolute Gasteiger partial charge is 0.271 e. The Hall–Kier alpha value is -2.91. The van der Waals surface area contributed by atoms with Gasteiger partial charge in [-0.2, -0.15) is 0 Å². The number of carbonyl (C=O) groups excluding carboxylic acids is 1. The average Bonchev–Trinajstić information content (AvgIpc) is 3.24. The normalized spacial score (nSPS) is 11.7. The molecule has 0 bridgehead atoms. The molecule has 2 N–H and O–H groups in total. The van der Waals surface area contributed by atoms with Crippen molar-refractivity contribution in [2.45, 2.75) is 31.9 Å². The zero-order valence-corrected chi connectivity index (χ0v) is 18.1. The number of aryl methyl sites for hydroxylation is 3. The molecule has 0 atom stereocenters. The molecule has 1 amide bonds. The van der Waals surface area contributed by atoms with Crippen LogP contribution in [0.5, 0.6) is 0 Å². The van der Waals surface area contributed by atoms with Crippen LogP contribution < -0.4 is 10.0 Å². The van der Waals surface area contributed by atoms with Gasteiger partial charge in [-0.3, -0.25) is 9.52 Å². The maximum Gasteiger partial charge on any atom is 0.271 e. The van der Waals surface area contributed by atoms with E-state index in [9.17, 15) is 13.2 Å². The van der Waals surface area contributed by atoms with Crippen molar-refractivity contribution in [3.05, 3.63) is 57.8 Å². The number of hydrogen-bond donors (Lipinski definition) is 2. The molecule has 0 saturated heterocycles. The van der Waals surface area contributed by atoms with Crippen LogP contribution in [-0.2, 0) is 14.8 Å². The van der Waals surface area contributed by atoms with E-state index in [0.29, 0.717) is 27.7 Å². The van der Waals surface area contributed by atoms with Crippen LogP contribution in [0.1, 0.15) is 34.4 Å². The Morgan fingerprint density at radius 2 is 1.86 bits per heavy atom. The van der Waals surface area contributed by atoms with E-state index in [0.717, 1.165) is 22.5 Å². The Morgan fingerprint density at radius 1 is 1.10 bits per heavy atom. The molecule has 0 saturated carbocycles. The number of aromatic nitrogens is 1. The molecule has 2 aromatic heterocycles. The summed E-state index contributed by atoms with van der Waals surface area (Å²) in [6.45, 7) is 7.03. The Morgan fingerprint density at radius 3 is 2.55 bits per heavy atom. The van der Waals surface area contributed by atoms with Gasteiger partial charge in [0, 0.05) is 17.5 Å². The van der Waals surface area contributed by atoms with Crippen molar-refractivity contribution >= 4 is 50.8 Å². The Bertz CT molecular complexity index is 1190. The number of anilines is 2. The Labute approximate surface area is 173 Å². The molecule has 0 radical (unpaired) electrons. The number of benzene rings is 1. The number of nitrogens with zero attached hydrogens (tertiary/aromatic N) is 1. The SMILES string of the molecule is CC(=O)Nc1c(C)noc1/C=C/c1ccc(S(=O)(=O)Nc2ccc(C)c(C)c2)s1. The summed E-state index contributed by atoms with van der Waals surface area (Å²) in [4.78, 5) is 12.0. The Kier molecular flexibility index (Phi) is 5.90. The first-order valence-electron chi connectivity index (χ1n) is 8.77. The maximum absolute atomic E-state index is 12.7. The zero-order valence-electron chi connectivity index (χ0n) is 16.4. The monoisotopic (exact) mass is 431 g/mol. The van der Waals surface area contributed by atoms with E-state index in [4.69, 9.17) is 4.52 Å². The van der Waals surface area contributed by atoms with Gasteiger partial charge >= 0.3 is 0 Å². The summed E-state index contributed by atoms with van der Waals surface area (Å²) in [5, 5.41) is 6.52. The van der Waals surface area contributed by atoms with Gasteiger partial charge in [-0.1, -0.05) is 11.2 Å². The highest BCUT2D eigenvalue weighted by atomic mass is 32.2. The lowest BCUT2D eigenvalue weighted by molar-refractivity contribution is -0.114. The van der Waals surface area contributed by atoms with Gasteiger partial charge in [0.15, 0.2) is 5.76 Å². The van der Waals surface area contributed by atoms with Gasteiger partial charge in [0.05, 0.1) is 0 Å². The molecule has 1 aromatic carbocycles. The van der Waals surface area contributed by atoms with Crippen molar-refractivity contribution < 1.29 is 17.7 Å². The standard InChI is InChI=1S/C20H21N3O4S2/c1-12-5-6-16(11-13(12)2)23-29(25,26)19-10-8-17(28-19)7-9-18-20(21-15(4)24)14(3)22-27-18/h5-11,23H,1-4H3,(H,21,24)/b9-7+. The molecule has 3 aromatic rings. The van der Waals surface area contributed by atoms with Crippen LogP contribution in [0.25, 0.3) is 12.2 Å². The lowest BCUT2D eigenvalue weighted by Crippen LogP contribution is -2.11. The summed E-state index contributed by atoms with van der Waals surface area (Å²) in [5.41, 5.74) is 3.69. The second-order valence-electron chi connectivity index (χ2n) is 6.58. The first-order chi connectivity index (χ1) is 13.7. The molecule has 29 heavy (non-hydrogen) atoms. The quantitative estimate of drug-likeness (QED) is 0.594. The van der Waals surface area contributed by atoms with E-state index in [1.165, 1.54) is 6.92 Å². The van der Waals surface area contributed by atoms with Crippen molar-refractivity contribution in [1.29, 1.82) is 0 Å². The van der Waals surface area contributed by atoms with Crippen LogP contribution in [-0.4, -0.2) is 19.5 Å². The predicted octanol–water partition coefficient (Wildman–Crippen LogP) is 4.59. The minimum Gasteiger partial charge on any atom is -0.354 e. The molecule has 0 aliphatic heterocycles. The zero-order chi connectivity index (χ0) is 21.2. The molecule has 0 aliphatic rings. The van der Waals surface area contributed by atoms with Crippen molar-refractivity contribution in [2.75, 3.05) is 10.0 Å². The molecule has 7 nitrogen and oxygen atoms in total. The molecular weight excluding hydrogens is 410 g/mol. The molecule has 0 aliphatic carbocycles. The third-order valence-corrected chi connectivity index (χ3v) is 7.14. The van der Waals surface area contributed by atoms with Gasteiger partial charge in [-0.15, -0.1) is 11.3 Å². The highest BCUT2D eigenvalue weighted by molar-refractivity contribution is 7.94. The van der Waals surface area contributed by atoms with Gasteiger partial charge in [-0.05, 0) is 68.3 Å². The lowest BCUT2D eigenvalue weighted by atomic mass is 10.1. The number of rotatable bonds is 6. The third kappa shape index (κ3) is 4.93. The first kappa shape index (κ1) is 20.8. The highest BCUT2D eigenvalue weighted by Crippen LogP contribution is 2.28. The predicted molar refractivity (Wildman–Crippen MR) is 116 cm³/mol. The average molecular weight is 432 g/mol. The molecule has 2 heterocycles. The maximum atomic E-state index is 12.7. The highest BCUT2D eigenvalue weighted by Gasteiger charge is 2.17. The molecule has 3 rings (SSSR count). The van der Waals surface area contributed by atoms with Gasteiger partial charge in [-0.25, -0.2) is 8.42 Å². The van der Waals surface area contributed by atoms with Gasteiger partial charge in [0.25, 0.3) is 10.0 Å². The van der Waals surface area contributed by atoms with Crippen LogP contribution in [0.3, 0.4) is 0 Å². The minimum absolute atomic E-state index is 0.200. The number of carbonyl (C=O) groups is 1. The summed E-state index contributed by atoms with van der Waals surface area (Å²) in [6.07, 6.45) is 3.36. The van der Waals surface area contributed by atoms with Gasteiger partial charge in [0.1, 0.15) is 15.6 Å². The van der Waals surface area contributed by atoms with Crippen LogP contribution in [0, 0.1) is 20.8 Å². The minimum atomic E-state index is -3.68. The molecule has 0 fully saturated rings. The van der Waals surface area contributed by atoms with Crippen LogP contribution in [0.2, 0.25) is 0 Å². The number of hydrogen-bond acceptors (Lipinski definition) is 6. The topological polar surface area (TPSA) is 101 Å². The summed E-state index contributed by atoms with van der Waals surface area (Å²) < 4.78 is 33.3. The van der Waals surface area contributed by atoms with Crippen LogP contribution >= 0.6 is 11.3 Å². The lowest BCUT2D eigenvalue weighted by Gasteiger charge is -2.08. The van der Waals surface area contributed by atoms with E-state index in [1.54, 1.807) is 43.3 Å². The second kappa shape index (κ2) is 8.22. The number of nitrogens with one attached hydrogen (secondary N) is 2. The van der Waals surface area contributed by atoms with Crippen LogP contribution in [0.4, 0.5) is 11.4 Å². The van der Waals surface area contributed by atoms with Crippen molar-refractivity contribution in [3.63, 3.8) is 0 Å². The molecule has 0 unspecified atom stereocenters. The van der Waals surface area contributed by atoms with Crippen molar-refractivity contribution in [3.8, 4) is 0 Å². The van der Waals surface area contributed by atoms with E-state index < -0.39 is 10.0 Å². The summed E-state index contributed by atoms with van der Waals surface area (Å²) in [6, 6.07) is 8.68. The number of thiophene rings is 1. The fourth-order valence-corrected chi connectivity index (χ4v) is 4.84. The van der Waals surface area contributed by atoms with Gasteiger partial charge < -0.3 is 9.84 Å². The fourth-order valence-electron chi connectivity index (χ4n) is 2.57.